The van der Waals surface area contributed by atoms with Gasteiger partial charge in [0.05, 0.1) is 25.1 Å². The van der Waals surface area contributed by atoms with E-state index in [9.17, 15) is 4.79 Å². The lowest BCUT2D eigenvalue weighted by molar-refractivity contribution is 0.354. The first-order valence-corrected chi connectivity index (χ1v) is 8.13. The molecule has 1 heterocycles. The molecule has 3 rings (SSSR count). The zero-order valence-corrected chi connectivity index (χ0v) is 14.7. The first-order valence-electron chi connectivity index (χ1n) is 7.75. The number of rotatable bonds is 6. The van der Waals surface area contributed by atoms with Gasteiger partial charge in [-0.2, -0.15) is 0 Å². The van der Waals surface area contributed by atoms with Gasteiger partial charge in [0, 0.05) is 11.6 Å². The van der Waals surface area contributed by atoms with Gasteiger partial charge in [0.1, 0.15) is 0 Å². The minimum absolute atomic E-state index is 0.221. The molecule has 0 aliphatic rings. The van der Waals surface area contributed by atoms with Crippen LogP contribution in [0.2, 0.25) is 5.02 Å². The number of aromatic amines is 1. The monoisotopic (exact) mass is 359 g/mol. The molecule has 0 saturated carbocycles. The van der Waals surface area contributed by atoms with E-state index in [0.29, 0.717) is 39.9 Å². The van der Waals surface area contributed by atoms with Crippen molar-refractivity contribution in [1.29, 1.82) is 0 Å². The van der Waals surface area contributed by atoms with Crippen LogP contribution in [-0.2, 0) is 6.42 Å². The molecule has 0 fully saturated rings. The highest BCUT2D eigenvalue weighted by Crippen LogP contribution is 2.27. The van der Waals surface area contributed by atoms with Crippen molar-refractivity contribution in [2.24, 2.45) is 0 Å². The third-order valence-electron chi connectivity index (χ3n) is 3.82. The summed E-state index contributed by atoms with van der Waals surface area (Å²) in [5.41, 5.74) is 1.46. The lowest BCUT2D eigenvalue weighted by atomic mass is 10.1. The molecule has 0 spiro atoms. The molecule has 0 unspecified atom stereocenters. The van der Waals surface area contributed by atoms with Gasteiger partial charge in [-0.1, -0.05) is 17.7 Å². The normalized spacial score (nSPS) is 10.7. The van der Waals surface area contributed by atoms with Crippen LogP contribution in [0.4, 0.5) is 5.95 Å². The summed E-state index contributed by atoms with van der Waals surface area (Å²) in [5, 5.41) is 4.11. The van der Waals surface area contributed by atoms with Crippen molar-refractivity contribution in [3.05, 3.63) is 57.3 Å². The summed E-state index contributed by atoms with van der Waals surface area (Å²) in [6.45, 7) is 0.609. The highest BCUT2D eigenvalue weighted by Gasteiger charge is 2.06. The van der Waals surface area contributed by atoms with Gasteiger partial charge in [0.15, 0.2) is 11.5 Å². The van der Waals surface area contributed by atoms with Crippen molar-refractivity contribution in [3.8, 4) is 11.5 Å². The maximum atomic E-state index is 12.1. The molecule has 0 atom stereocenters. The molecule has 3 aromatic rings. The molecule has 0 bridgehead atoms. The second-order valence-corrected chi connectivity index (χ2v) is 5.88. The topological polar surface area (TPSA) is 76.2 Å². The molecule has 2 N–H and O–H groups in total. The van der Waals surface area contributed by atoms with Crippen LogP contribution < -0.4 is 20.3 Å². The number of methoxy groups -OCH3 is 2. The van der Waals surface area contributed by atoms with Crippen molar-refractivity contribution in [3.63, 3.8) is 0 Å². The maximum absolute atomic E-state index is 12.1. The minimum Gasteiger partial charge on any atom is -0.493 e. The van der Waals surface area contributed by atoms with E-state index in [1.807, 2.05) is 18.2 Å². The first-order chi connectivity index (χ1) is 12.1. The summed E-state index contributed by atoms with van der Waals surface area (Å²) in [4.78, 5) is 19.2. The number of hydrogen-bond acceptors (Lipinski definition) is 5. The Balaban J connectivity index is 1.71. The van der Waals surface area contributed by atoms with E-state index in [-0.39, 0.29) is 5.56 Å². The highest BCUT2D eigenvalue weighted by atomic mass is 35.5. The van der Waals surface area contributed by atoms with Crippen LogP contribution in [0.3, 0.4) is 0 Å². The SMILES string of the molecule is COc1ccc(CCNc2nc3ccc(Cl)cc3c(=O)[nH]2)cc1OC. The molecule has 7 heteroatoms. The number of halogens is 1. The van der Waals surface area contributed by atoms with Crippen LogP contribution in [0.1, 0.15) is 5.56 Å². The molecule has 130 valence electrons. The summed E-state index contributed by atoms with van der Waals surface area (Å²) >= 11 is 5.91. The van der Waals surface area contributed by atoms with Crippen LogP contribution in [0.25, 0.3) is 10.9 Å². The van der Waals surface area contributed by atoms with Gasteiger partial charge in [0.25, 0.3) is 5.56 Å². The van der Waals surface area contributed by atoms with Crippen LogP contribution in [0, 0.1) is 0 Å². The van der Waals surface area contributed by atoms with Gasteiger partial charge in [-0.05, 0) is 42.3 Å². The van der Waals surface area contributed by atoms with Gasteiger partial charge in [-0.15, -0.1) is 0 Å². The van der Waals surface area contributed by atoms with Gasteiger partial charge in [-0.3, -0.25) is 9.78 Å². The Morgan fingerprint density at radius 1 is 1.12 bits per heavy atom. The Kier molecular flexibility index (Phi) is 5.09. The summed E-state index contributed by atoms with van der Waals surface area (Å²) in [6.07, 6.45) is 0.739. The lowest BCUT2D eigenvalue weighted by Gasteiger charge is -2.10. The summed E-state index contributed by atoms with van der Waals surface area (Å²) in [7, 11) is 3.21. The van der Waals surface area contributed by atoms with Gasteiger partial charge in [-0.25, -0.2) is 4.98 Å². The number of anilines is 1. The van der Waals surface area contributed by atoms with Crippen LogP contribution in [0.15, 0.2) is 41.2 Å². The van der Waals surface area contributed by atoms with E-state index in [1.165, 1.54) is 0 Å². The molecule has 1 aromatic heterocycles. The molecule has 0 radical (unpaired) electrons. The Bertz CT molecular complexity index is 956. The zero-order valence-electron chi connectivity index (χ0n) is 13.9. The molecule has 0 aliphatic heterocycles. The zero-order chi connectivity index (χ0) is 17.8. The third kappa shape index (κ3) is 3.85. The number of hydrogen-bond donors (Lipinski definition) is 2. The Morgan fingerprint density at radius 2 is 1.92 bits per heavy atom. The predicted octanol–water partition coefficient (Wildman–Crippen LogP) is 3.25. The third-order valence-corrected chi connectivity index (χ3v) is 4.06. The fourth-order valence-corrected chi connectivity index (χ4v) is 2.73. The largest absolute Gasteiger partial charge is 0.493 e. The highest BCUT2D eigenvalue weighted by molar-refractivity contribution is 6.31. The average molecular weight is 360 g/mol. The molecule has 0 saturated heterocycles. The van der Waals surface area contributed by atoms with Crippen molar-refractivity contribution >= 4 is 28.5 Å². The minimum atomic E-state index is -0.221. The van der Waals surface area contributed by atoms with Crippen molar-refractivity contribution < 1.29 is 9.47 Å². The molecule has 6 nitrogen and oxygen atoms in total. The van der Waals surface area contributed by atoms with Crippen molar-refractivity contribution in [2.45, 2.75) is 6.42 Å². The van der Waals surface area contributed by atoms with Crippen LogP contribution in [0.5, 0.6) is 11.5 Å². The standard InChI is InChI=1S/C18H18ClN3O3/c1-24-15-6-3-11(9-16(15)25-2)7-8-20-18-21-14-5-4-12(19)10-13(14)17(23)22-18/h3-6,9-10H,7-8H2,1-2H3,(H2,20,21,22,23). The Hall–Kier alpha value is -2.73. The van der Waals surface area contributed by atoms with E-state index in [0.717, 1.165) is 12.0 Å². The summed E-state index contributed by atoms with van der Waals surface area (Å²) in [5.74, 6) is 1.81. The van der Waals surface area contributed by atoms with Crippen LogP contribution in [-0.4, -0.2) is 30.7 Å². The van der Waals surface area contributed by atoms with Crippen molar-refractivity contribution in [1.82, 2.24) is 9.97 Å². The lowest BCUT2D eigenvalue weighted by Crippen LogP contribution is -2.15. The number of H-pyrrole nitrogens is 1. The first kappa shape index (κ1) is 17.1. The van der Waals surface area contributed by atoms with Crippen LogP contribution >= 0.6 is 11.6 Å². The number of aromatic nitrogens is 2. The molecular formula is C18H18ClN3O3. The Labute approximate surface area is 149 Å². The van der Waals surface area contributed by atoms with Crippen molar-refractivity contribution in [2.75, 3.05) is 26.1 Å². The van der Waals surface area contributed by atoms with E-state index in [4.69, 9.17) is 21.1 Å². The maximum Gasteiger partial charge on any atom is 0.260 e. The fourth-order valence-electron chi connectivity index (χ4n) is 2.56. The predicted molar refractivity (Wildman–Crippen MR) is 99.1 cm³/mol. The summed E-state index contributed by atoms with van der Waals surface area (Å²) < 4.78 is 10.5. The molecule has 0 aliphatic carbocycles. The number of nitrogens with zero attached hydrogens (tertiary/aromatic N) is 1. The smallest absolute Gasteiger partial charge is 0.260 e. The van der Waals surface area contributed by atoms with E-state index < -0.39 is 0 Å². The summed E-state index contributed by atoms with van der Waals surface area (Å²) in [6, 6.07) is 10.8. The van der Waals surface area contributed by atoms with E-state index in [2.05, 4.69) is 15.3 Å². The Morgan fingerprint density at radius 3 is 2.68 bits per heavy atom. The second-order valence-electron chi connectivity index (χ2n) is 5.44. The number of fused-ring (bicyclic) bond motifs is 1. The van der Waals surface area contributed by atoms with E-state index >= 15 is 0 Å². The van der Waals surface area contributed by atoms with Gasteiger partial charge < -0.3 is 14.8 Å². The number of ether oxygens (including phenoxy) is 2. The molecule has 25 heavy (non-hydrogen) atoms. The molecule has 0 amide bonds. The second kappa shape index (κ2) is 7.44. The molecular weight excluding hydrogens is 342 g/mol. The molecule has 2 aromatic carbocycles. The van der Waals surface area contributed by atoms with E-state index in [1.54, 1.807) is 32.4 Å². The average Bonchev–Trinajstić information content (AvgIpc) is 2.62. The van der Waals surface area contributed by atoms with Gasteiger partial charge >= 0.3 is 0 Å². The quantitative estimate of drug-likeness (QED) is 0.706. The van der Waals surface area contributed by atoms with Gasteiger partial charge in [0.2, 0.25) is 5.95 Å². The fraction of sp³-hybridized carbons (Fsp3) is 0.222. The number of benzene rings is 2. The number of nitrogens with one attached hydrogen (secondary N) is 2.